The Bertz CT molecular complexity index is 351. The first kappa shape index (κ1) is 13.8. The highest BCUT2D eigenvalue weighted by Gasteiger charge is 2.25. The van der Waals surface area contributed by atoms with Crippen LogP contribution >= 0.6 is 24.0 Å². The Balaban J connectivity index is 0.00000128. The van der Waals surface area contributed by atoms with Crippen LogP contribution in [0.25, 0.3) is 0 Å². The Kier molecular flexibility index (Phi) is 5.03. The van der Waals surface area contributed by atoms with Gasteiger partial charge in [0.05, 0.1) is 5.02 Å². The molecule has 0 spiro atoms. The quantitative estimate of drug-likeness (QED) is 0.855. The van der Waals surface area contributed by atoms with Gasteiger partial charge in [0.2, 0.25) is 0 Å². The molecule has 0 unspecified atom stereocenters. The maximum absolute atomic E-state index is 13.2. The minimum Gasteiger partial charge on any atom is -0.324 e. The molecule has 1 aromatic carbocycles. The first-order valence-electron chi connectivity index (χ1n) is 5.39. The zero-order chi connectivity index (χ0) is 10.8. The number of benzene rings is 1. The van der Waals surface area contributed by atoms with E-state index in [1.54, 1.807) is 6.07 Å². The molecule has 4 heteroatoms. The molecule has 1 aliphatic rings. The fourth-order valence-electron chi connectivity index (χ4n) is 2.35. The van der Waals surface area contributed by atoms with Crippen LogP contribution in [0.4, 0.5) is 4.39 Å². The van der Waals surface area contributed by atoms with E-state index in [0.717, 1.165) is 18.4 Å². The van der Waals surface area contributed by atoms with Crippen LogP contribution in [0.2, 0.25) is 5.02 Å². The molecule has 1 atom stereocenters. The van der Waals surface area contributed by atoms with Crippen molar-refractivity contribution in [2.75, 3.05) is 0 Å². The van der Waals surface area contributed by atoms with Crippen molar-refractivity contribution >= 4 is 24.0 Å². The Labute approximate surface area is 107 Å². The van der Waals surface area contributed by atoms with Crippen molar-refractivity contribution < 1.29 is 4.39 Å². The minimum atomic E-state index is -0.373. The van der Waals surface area contributed by atoms with Crippen LogP contribution in [0.15, 0.2) is 18.2 Å². The monoisotopic (exact) mass is 263 g/mol. The van der Waals surface area contributed by atoms with Crippen LogP contribution in [0.3, 0.4) is 0 Å². The van der Waals surface area contributed by atoms with Crippen molar-refractivity contribution in [3.63, 3.8) is 0 Å². The summed E-state index contributed by atoms with van der Waals surface area (Å²) in [6.07, 6.45) is 4.72. The zero-order valence-corrected chi connectivity index (χ0v) is 10.5. The lowest BCUT2D eigenvalue weighted by atomic mass is 9.92. The van der Waals surface area contributed by atoms with E-state index in [1.165, 1.54) is 18.9 Å². The van der Waals surface area contributed by atoms with E-state index in [-0.39, 0.29) is 29.3 Å². The van der Waals surface area contributed by atoms with Crippen molar-refractivity contribution in [2.45, 2.75) is 31.7 Å². The van der Waals surface area contributed by atoms with Crippen LogP contribution in [0.1, 0.15) is 37.3 Å². The maximum Gasteiger partial charge on any atom is 0.142 e. The summed E-state index contributed by atoms with van der Waals surface area (Å²) >= 11 is 5.91. The number of nitrogens with two attached hydrogens (primary N) is 1. The first-order valence-corrected chi connectivity index (χ1v) is 5.77. The molecule has 0 aliphatic heterocycles. The van der Waals surface area contributed by atoms with Gasteiger partial charge in [-0.25, -0.2) is 4.39 Å². The predicted octanol–water partition coefficient (Wildman–Crippen LogP) is 4.09. The molecule has 90 valence electrons. The molecule has 1 aromatic rings. The number of rotatable bonds is 2. The molecule has 0 amide bonds. The third-order valence-corrected chi connectivity index (χ3v) is 3.65. The summed E-state index contributed by atoms with van der Waals surface area (Å²) in [5, 5.41) is 0.192. The average molecular weight is 264 g/mol. The maximum atomic E-state index is 13.2. The molecular weight excluding hydrogens is 248 g/mol. The Hall–Kier alpha value is -0.310. The van der Waals surface area contributed by atoms with Crippen LogP contribution < -0.4 is 5.73 Å². The largest absolute Gasteiger partial charge is 0.324 e. The third-order valence-electron chi connectivity index (χ3n) is 3.25. The summed E-state index contributed by atoms with van der Waals surface area (Å²) in [4.78, 5) is 0. The van der Waals surface area contributed by atoms with Gasteiger partial charge in [-0.05, 0) is 30.4 Å². The SMILES string of the molecule is Cl.N[C@@H](c1cccc(F)c1Cl)C1CCCC1. The van der Waals surface area contributed by atoms with Crippen LogP contribution in [-0.2, 0) is 0 Å². The summed E-state index contributed by atoms with van der Waals surface area (Å²) < 4.78 is 13.2. The second-order valence-corrected chi connectivity index (χ2v) is 4.59. The van der Waals surface area contributed by atoms with Gasteiger partial charge >= 0.3 is 0 Å². The second-order valence-electron chi connectivity index (χ2n) is 4.21. The average Bonchev–Trinajstić information content (AvgIpc) is 2.74. The first-order chi connectivity index (χ1) is 7.20. The van der Waals surface area contributed by atoms with Crippen LogP contribution in [0, 0.1) is 11.7 Å². The topological polar surface area (TPSA) is 26.0 Å². The Morgan fingerprint density at radius 1 is 1.31 bits per heavy atom. The molecule has 0 radical (unpaired) electrons. The molecule has 0 heterocycles. The molecule has 1 fully saturated rings. The molecule has 1 aliphatic carbocycles. The van der Waals surface area contributed by atoms with E-state index in [2.05, 4.69) is 0 Å². The zero-order valence-electron chi connectivity index (χ0n) is 8.96. The summed E-state index contributed by atoms with van der Waals surface area (Å²) in [5.41, 5.74) is 6.87. The minimum absolute atomic E-state index is 0. The molecule has 0 saturated heterocycles. The van der Waals surface area contributed by atoms with Gasteiger partial charge in [-0.3, -0.25) is 0 Å². The van der Waals surface area contributed by atoms with Gasteiger partial charge in [0.1, 0.15) is 5.82 Å². The van der Waals surface area contributed by atoms with E-state index in [4.69, 9.17) is 17.3 Å². The van der Waals surface area contributed by atoms with Gasteiger partial charge in [-0.15, -0.1) is 12.4 Å². The van der Waals surface area contributed by atoms with Crippen molar-refractivity contribution in [3.05, 3.63) is 34.6 Å². The van der Waals surface area contributed by atoms with Crippen molar-refractivity contribution in [2.24, 2.45) is 11.7 Å². The molecule has 0 bridgehead atoms. The lowest BCUT2D eigenvalue weighted by molar-refractivity contribution is 0.443. The van der Waals surface area contributed by atoms with E-state index in [9.17, 15) is 4.39 Å². The highest BCUT2D eigenvalue weighted by molar-refractivity contribution is 6.31. The van der Waals surface area contributed by atoms with E-state index in [0.29, 0.717) is 5.92 Å². The van der Waals surface area contributed by atoms with E-state index in [1.807, 2.05) is 6.07 Å². The predicted molar refractivity (Wildman–Crippen MR) is 67.5 cm³/mol. The van der Waals surface area contributed by atoms with Gasteiger partial charge in [0.25, 0.3) is 0 Å². The molecule has 1 saturated carbocycles. The van der Waals surface area contributed by atoms with Crippen LogP contribution in [0.5, 0.6) is 0 Å². The Morgan fingerprint density at radius 3 is 2.56 bits per heavy atom. The van der Waals surface area contributed by atoms with Gasteiger partial charge < -0.3 is 5.73 Å². The van der Waals surface area contributed by atoms with Gasteiger partial charge in [-0.2, -0.15) is 0 Å². The lowest BCUT2D eigenvalue weighted by Crippen LogP contribution is -2.19. The van der Waals surface area contributed by atoms with E-state index < -0.39 is 0 Å². The summed E-state index contributed by atoms with van der Waals surface area (Å²) in [6.45, 7) is 0. The van der Waals surface area contributed by atoms with Gasteiger partial charge in [0.15, 0.2) is 0 Å². The molecule has 2 rings (SSSR count). The molecule has 2 N–H and O–H groups in total. The highest BCUT2D eigenvalue weighted by atomic mass is 35.5. The standard InChI is InChI=1S/C12H15ClFN.ClH/c13-11-9(6-3-7-10(11)14)12(15)8-4-1-2-5-8;/h3,6-8,12H,1-2,4-5,15H2;1H/t12-;/m1./s1. The number of hydrogen-bond acceptors (Lipinski definition) is 1. The van der Waals surface area contributed by atoms with Gasteiger partial charge in [0, 0.05) is 6.04 Å². The number of hydrogen-bond donors (Lipinski definition) is 1. The van der Waals surface area contributed by atoms with Crippen molar-refractivity contribution in [1.29, 1.82) is 0 Å². The smallest absolute Gasteiger partial charge is 0.142 e. The third kappa shape index (κ3) is 2.68. The molecular formula is C12H16Cl2FN. The fourth-order valence-corrected chi connectivity index (χ4v) is 2.60. The lowest BCUT2D eigenvalue weighted by Gasteiger charge is -2.20. The van der Waals surface area contributed by atoms with Crippen molar-refractivity contribution in [1.82, 2.24) is 0 Å². The Morgan fingerprint density at radius 2 is 1.94 bits per heavy atom. The van der Waals surface area contributed by atoms with Crippen molar-refractivity contribution in [3.8, 4) is 0 Å². The number of halogens is 3. The molecule has 0 aromatic heterocycles. The highest BCUT2D eigenvalue weighted by Crippen LogP contribution is 2.37. The second kappa shape index (κ2) is 5.85. The summed E-state index contributed by atoms with van der Waals surface area (Å²) in [7, 11) is 0. The normalized spacial score (nSPS) is 18.2. The molecule has 16 heavy (non-hydrogen) atoms. The fraction of sp³-hybridized carbons (Fsp3) is 0.500. The summed E-state index contributed by atoms with van der Waals surface area (Å²) in [5.74, 6) is 0.0897. The van der Waals surface area contributed by atoms with Gasteiger partial charge in [-0.1, -0.05) is 36.6 Å². The van der Waals surface area contributed by atoms with E-state index >= 15 is 0 Å². The molecule has 1 nitrogen and oxygen atoms in total. The van der Waals surface area contributed by atoms with Crippen LogP contribution in [-0.4, -0.2) is 0 Å². The summed E-state index contributed by atoms with van der Waals surface area (Å²) in [6, 6.07) is 4.75.